The van der Waals surface area contributed by atoms with Gasteiger partial charge in [0.2, 0.25) is 0 Å². The number of hydrogen-bond donors (Lipinski definition) is 2. The van der Waals surface area contributed by atoms with Crippen molar-refractivity contribution < 1.29 is 9.47 Å². The molecule has 6 heteroatoms. The second-order valence-corrected chi connectivity index (χ2v) is 6.07. The summed E-state index contributed by atoms with van der Waals surface area (Å²) in [6, 6.07) is 5.69. The Hall–Kier alpha value is -1.04. The Bertz CT molecular complexity index is 588. The van der Waals surface area contributed by atoms with E-state index in [0.29, 0.717) is 43.0 Å². The summed E-state index contributed by atoms with van der Waals surface area (Å²) >= 11 is 12.4. The van der Waals surface area contributed by atoms with E-state index in [1.54, 1.807) is 6.07 Å². The van der Waals surface area contributed by atoms with E-state index in [2.05, 4.69) is 17.5 Å². The van der Waals surface area contributed by atoms with E-state index in [1.165, 1.54) is 0 Å². The molecule has 0 saturated heterocycles. The van der Waals surface area contributed by atoms with Crippen LogP contribution in [0.25, 0.3) is 0 Å². The molecule has 126 valence electrons. The fraction of sp³-hybridized carbons (Fsp3) is 0.412. The minimum atomic E-state index is 0.0783. The highest BCUT2D eigenvalue weighted by molar-refractivity contribution is 6.42. The van der Waals surface area contributed by atoms with Crippen molar-refractivity contribution in [2.75, 3.05) is 33.0 Å². The van der Waals surface area contributed by atoms with Crippen molar-refractivity contribution in [3.05, 3.63) is 57.4 Å². The molecule has 1 aromatic carbocycles. The summed E-state index contributed by atoms with van der Waals surface area (Å²) in [6.45, 7) is 4.67. The summed E-state index contributed by atoms with van der Waals surface area (Å²) in [7, 11) is 0. The average Bonchev–Trinajstić information content (AvgIpc) is 2.53. The lowest BCUT2D eigenvalue weighted by Crippen LogP contribution is -2.22. The van der Waals surface area contributed by atoms with Gasteiger partial charge in [-0.2, -0.15) is 0 Å². The van der Waals surface area contributed by atoms with Crippen LogP contribution in [0, 0.1) is 0 Å². The van der Waals surface area contributed by atoms with Gasteiger partial charge in [0.1, 0.15) is 0 Å². The number of hydrogen-bond acceptors (Lipinski definition) is 4. The molecule has 2 rings (SSSR count). The molecule has 0 fully saturated rings. The molecule has 23 heavy (non-hydrogen) atoms. The third kappa shape index (κ3) is 5.52. The van der Waals surface area contributed by atoms with E-state index in [1.807, 2.05) is 19.1 Å². The van der Waals surface area contributed by atoms with Crippen LogP contribution < -0.4 is 11.1 Å². The van der Waals surface area contributed by atoms with Crippen LogP contribution in [0.2, 0.25) is 10.0 Å². The van der Waals surface area contributed by atoms with Crippen molar-refractivity contribution in [1.29, 1.82) is 0 Å². The zero-order chi connectivity index (χ0) is 16.7. The first-order chi connectivity index (χ1) is 11.1. The van der Waals surface area contributed by atoms with Crippen molar-refractivity contribution in [2.45, 2.75) is 12.8 Å². The van der Waals surface area contributed by atoms with Gasteiger partial charge in [0, 0.05) is 23.9 Å². The molecular weight excluding hydrogens is 335 g/mol. The molecule has 0 spiro atoms. The summed E-state index contributed by atoms with van der Waals surface area (Å²) in [5.41, 5.74) is 8.41. The lowest BCUT2D eigenvalue weighted by Gasteiger charge is -2.22. The van der Waals surface area contributed by atoms with E-state index in [4.69, 9.17) is 38.4 Å². The maximum Gasteiger partial charge on any atom is 0.0864 e. The van der Waals surface area contributed by atoms with E-state index in [-0.39, 0.29) is 5.92 Å². The Morgan fingerprint density at radius 3 is 2.70 bits per heavy atom. The van der Waals surface area contributed by atoms with Crippen LogP contribution in [0.3, 0.4) is 0 Å². The molecule has 0 saturated carbocycles. The maximum absolute atomic E-state index is 6.33. The quantitative estimate of drug-likeness (QED) is 0.700. The van der Waals surface area contributed by atoms with Gasteiger partial charge in [-0.25, -0.2) is 0 Å². The minimum Gasteiger partial charge on any atom is -0.378 e. The number of ether oxygens (including phenoxy) is 2. The van der Waals surface area contributed by atoms with E-state index >= 15 is 0 Å². The van der Waals surface area contributed by atoms with E-state index in [9.17, 15) is 0 Å². The zero-order valence-corrected chi connectivity index (χ0v) is 14.7. The van der Waals surface area contributed by atoms with Crippen LogP contribution in [0.1, 0.15) is 18.4 Å². The van der Waals surface area contributed by atoms with Gasteiger partial charge in [0.15, 0.2) is 0 Å². The normalized spacial score (nSPS) is 17.5. The number of rotatable bonds is 8. The fourth-order valence-electron chi connectivity index (χ4n) is 2.40. The highest BCUT2D eigenvalue weighted by Gasteiger charge is 2.17. The summed E-state index contributed by atoms with van der Waals surface area (Å²) in [5.74, 6) is 0.0783. The number of halogens is 2. The number of dihydropyridines is 1. The molecule has 1 heterocycles. The molecule has 1 aliphatic rings. The molecule has 0 aliphatic carbocycles. The van der Waals surface area contributed by atoms with Gasteiger partial charge >= 0.3 is 0 Å². The Morgan fingerprint density at radius 1 is 1.13 bits per heavy atom. The molecule has 3 N–H and O–H groups in total. The minimum absolute atomic E-state index is 0.0783. The summed E-state index contributed by atoms with van der Waals surface area (Å²) in [6.07, 6.45) is 4.22. The first-order valence-electron chi connectivity index (χ1n) is 7.57. The average molecular weight is 357 g/mol. The molecular formula is C17H22Cl2N2O2. The third-order valence-corrected chi connectivity index (χ3v) is 4.23. The smallest absolute Gasteiger partial charge is 0.0864 e. The van der Waals surface area contributed by atoms with Gasteiger partial charge in [0.05, 0.1) is 36.5 Å². The molecule has 0 aromatic heterocycles. The molecule has 0 amide bonds. The first-order valence-corrected chi connectivity index (χ1v) is 8.33. The van der Waals surface area contributed by atoms with Gasteiger partial charge in [0.25, 0.3) is 0 Å². The Morgan fingerprint density at radius 2 is 1.91 bits per heavy atom. The highest BCUT2D eigenvalue weighted by atomic mass is 35.5. The molecule has 1 aromatic rings. The Kier molecular flexibility index (Phi) is 7.40. The molecule has 1 unspecified atom stereocenters. The van der Waals surface area contributed by atoms with Crippen LogP contribution in [0.4, 0.5) is 0 Å². The first kappa shape index (κ1) is 18.3. The number of allylic oxidation sites excluding steroid dienone is 3. The van der Waals surface area contributed by atoms with Crippen molar-refractivity contribution in [3.8, 4) is 0 Å². The number of benzene rings is 1. The topological polar surface area (TPSA) is 56.5 Å². The summed E-state index contributed by atoms with van der Waals surface area (Å²) in [5, 5.41) is 4.47. The van der Waals surface area contributed by atoms with E-state index in [0.717, 1.165) is 17.0 Å². The third-order valence-electron chi connectivity index (χ3n) is 3.40. The largest absolute Gasteiger partial charge is 0.378 e. The van der Waals surface area contributed by atoms with Crippen LogP contribution in [-0.4, -0.2) is 33.0 Å². The van der Waals surface area contributed by atoms with E-state index < -0.39 is 0 Å². The van der Waals surface area contributed by atoms with Crippen molar-refractivity contribution >= 4 is 23.2 Å². The van der Waals surface area contributed by atoms with Crippen molar-refractivity contribution in [1.82, 2.24) is 5.32 Å². The van der Waals surface area contributed by atoms with Gasteiger partial charge in [-0.05, 0) is 18.6 Å². The van der Waals surface area contributed by atoms with Gasteiger partial charge < -0.3 is 20.5 Å². The second kappa shape index (κ2) is 9.30. The lowest BCUT2D eigenvalue weighted by molar-refractivity contribution is 0.0584. The van der Waals surface area contributed by atoms with Crippen LogP contribution >= 0.6 is 23.2 Å². The number of nitrogens with two attached hydrogens (primary N) is 1. The Labute approximate surface area is 147 Å². The van der Waals surface area contributed by atoms with Crippen LogP contribution in [0.15, 0.2) is 41.7 Å². The molecule has 0 bridgehead atoms. The predicted molar refractivity (Wildman–Crippen MR) is 94.9 cm³/mol. The molecule has 1 aliphatic heterocycles. The zero-order valence-electron chi connectivity index (χ0n) is 13.1. The maximum atomic E-state index is 6.33. The fourth-order valence-corrected chi connectivity index (χ4v) is 2.83. The summed E-state index contributed by atoms with van der Waals surface area (Å²) in [4.78, 5) is 0. The highest BCUT2D eigenvalue weighted by Crippen LogP contribution is 2.34. The lowest BCUT2D eigenvalue weighted by atomic mass is 9.94. The standard InChI is InChI=1S/C17H22Cl2N2O2/c1-12-9-13(15-3-2-4-16(18)17(15)19)10-14(21-12)11-23-8-7-22-6-5-20/h2-4,9-10,13,21H,5-8,11,20H2,1H3. The monoisotopic (exact) mass is 356 g/mol. The second-order valence-electron chi connectivity index (χ2n) is 5.29. The van der Waals surface area contributed by atoms with Crippen LogP contribution in [0.5, 0.6) is 0 Å². The van der Waals surface area contributed by atoms with Gasteiger partial charge in [-0.3, -0.25) is 0 Å². The van der Waals surface area contributed by atoms with Crippen molar-refractivity contribution in [2.24, 2.45) is 5.73 Å². The number of nitrogens with one attached hydrogen (secondary N) is 1. The predicted octanol–water partition coefficient (Wildman–Crippen LogP) is 3.46. The SMILES string of the molecule is CC1=CC(c2cccc(Cl)c2Cl)C=C(COCCOCCN)N1. The Balaban J connectivity index is 1.96. The molecule has 1 atom stereocenters. The summed E-state index contributed by atoms with van der Waals surface area (Å²) < 4.78 is 10.9. The molecule has 4 nitrogen and oxygen atoms in total. The van der Waals surface area contributed by atoms with Gasteiger partial charge in [-0.1, -0.05) is 47.5 Å². The van der Waals surface area contributed by atoms with Crippen molar-refractivity contribution in [3.63, 3.8) is 0 Å². The van der Waals surface area contributed by atoms with Gasteiger partial charge in [-0.15, -0.1) is 0 Å². The van der Waals surface area contributed by atoms with Crippen LogP contribution in [-0.2, 0) is 9.47 Å². The molecule has 0 radical (unpaired) electrons.